The first-order valence-electron chi connectivity index (χ1n) is 9.30. The summed E-state index contributed by atoms with van der Waals surface area (Å²) in [7, 11) is -3.56. The van der Waals surface area contributed by atoms with Crippen LogP contribution in [0, 0.1) is 0 Å². The van der Waals surface area contributed by atoms with Crippen LogP contribution < -0.4 is 10.6 Å². The zero-order chi connectivity index (χ0) is 19.0. The number of benzene rings is 1. The molecule has 0 saturated carbocycles. The molecule has 0 spiro atoms. The molecule has 0 aliphatic carbocycles. The van der Waals surface area contributed by atoms with Crippen molar-refractivity contribution in [3.63, 3.8) is 0 Å². The number of nitrogens with zero attached hydrogens (tertiary/aromatic N) is 2. The fourth-order valence-electron chi connectivity index (χ4n) is 3.05. The van der Waals surface area contributed by atoms with Crippen molar-refractivity contribution in [3.05, 3.63) is 29.8 Å². The quantitative estimate of drug-likeness (QED) is 0.616. The first kappa shape index (κ1) is 20.8. The molecule has 1 aromatic carbocycles. The predicted octanol–water partition coefficient (Wildman–Crippen LogP) is 0.742. The van der Waals surface area contributed by atoms with Crippen LogP contribution >= 0.6 is 0 Å². The molecule has 0 atom stereocenters. The minimum atomic E-state index is -3.56. The molecule has 0 unspecified atom stereocenters. The predicted molar refractivity (Wildman–Crippen MR) is 103 cm³/mol. The third-order valence-electron chi connectivity index (χ3n) is 4.59. The summed E-state index contributed by atoms with van der Waals surface area (Å²) in [6, 6.07) is 6.26. The van der Waals surface area contributed by atoms with Crippen LogP contribution in [0.25, 0.3) is 0 Å². The van der Waals surface area contributed by atoms with Crippen LogP contribution in [0.4, 0.5) is 0 Å². The monoisotopic (exact) mass is 382 g/mol. The molecule has 1 aliphatic rings. The van der Waals surface area contributed by atoms with E-state index in [0.29, 0.717) is 25.2 Å². The second kappa shape index (κ2) is 10.0. The summed E-state index contributed by atoms with van der Waals surface area (Å²) in [6.45, 7) is 10.1. The maximum Gasteiger partial charge on any atom is 0.251 e. The molecule has 7 nitrogen and oxygen atoms in total. The second-order valence-electron chi connectivity index (χ2n) is 6.32. The van der Waals surface area contributed by atoms with Crippen LogP contribution in [-0.2, 0) is 10.0 Å². The Bertz CT molecular complexity index is 683. The minimum absolute atomic E-state index is 0.162. The highest BCUT2D eigenvalue weighted by Gasteiger charge is 2.22. The van der Waals surface area contributed by atoms with Crippen LogP contribution in [0.15, 0.2) is 29.2 Å². The van der Waals surface area contributed by atoms with Crippen LogP contribution in [0.3, 0.4) is 0 Å². The Labute approximate surface area is 156 Å². The zero-order valence-electron chi connectivity index (χ0n) is 15.7. The Hall–Kier alpha value is -1.48. The number of amides is 1. The van der Waals surface area contributed by atoms with Gasteiger partial charge in [-0.15, -0.1) is 0 Å². The zero-order valence-corrected chi connectivity index (χ0v) is 16.5. The average molecular weight is 383 g/mol. The molecule has 8 heteroatoms. The summed E-state index contributed by atoms with van der Waals surface area (Å²) in [5.41, 5.74) is 0.375. The number of carbonyl (C=O) groups is 1. The van der Waals surface area contributed by atoms with Gasteiger partial charge >= 0.3 is 0 Å². The van der Waals surface area contributed by atoms with Crippen molar-refractivity contribution in [2.75, 3.05) is 52.4 Å². The van der Waals surface area contributed by atoms with E-state index >= 15 is 0 Å². The Morgan fingerprint density at radius 3 is 2.58 bits per heavy atom. The lowest BCUT2D eigenvalue weighted by molar-refractivity contribution is 0.0951. The molecule has 0 bridgehead atoms. The van der Waals surface area contributed by atoms with Crippen LogP contribution in [0.1, 0.15) is 30.6 Å². The Morgan fingerprint density at radius 2 is 1.92 bits per heavy atom. The minimum Gasteiger partial charge on any atom is -0.352 e. The number of carbonyl (C=O) groups excluding carboxylic acids is 1. The van der Waals surface area contributed by atoms with Gasteiger partial charge in [-0.3, -0.25) is 4.79 Å². The third kappa shape index (κ3) is 5.51. The van der Waals surface area contributed by atoms with Gasteiger partial charge in [-0.05, 0) is 31.2 Å². The van der Waals surface area contributed by atoms with Gasteiger partial charge in [0.15, 0.2) is 0 Å². The number of hydrogen-bond acceptors (Lipinski definition) is 5. The summed E-state index contributed by atoms with van der Waals surface area (Å²) < 4.78 is 26.6. The molecule has 1 fully saturated rings. The maximum absolute atomic E-state index is 12.6. The number of rotatable bonds is 9. The van der Waals surface area contributed by atoms with E-state index < -0.39 is 10.0 Å². The van der Waals surface area contributed by atoms with E-state index in [9.17, 15) is 13.2 Å². The topological polar surface area (TPSA) is 81.8 Å². The van der Waals surface area contributed by atoms with E-state index in [1.54, 1.807) is 26.0 Å². The summed E-state index contributed by atoms with van der Waals surface area (Å²) in [5.74, 6) is -0.234. The lowest BCUT2D eigenvalue weighted by Gasteiger charge is -2.27. The molecule has 146 valence electrons. The number of piperazine rings is 1. The molecule has 0 aromatic heterocycles. The Kier molecular flexibility index (Phi) is 8.02. The molecule has 26 heavy (non-hydrogen) atoms. The van der Waals surface area contributed by atoms with Crippen molar-refractivity contribution in [2.45, 2.75) is 25.2 Å². The third-order valence-corrected chi connectivity index (χ3v) is 6.63. The van der Waals surface area contributed by atoms with Gasteiger partial charge < -0.3 is 15.5 Å². The van der Waals surface area contributed by atoms with Gasteiger partial charge in [0.05, 0.1) is 4.90 Å². The highest BCUT2D eigenvalue weighted by atomic mass is 32.2. The highest BCUT2D eigenvalue weighted by Crippen LogP contribution is 2.17. The largest absolute Gasteiger partial charge is 0.352 e. The summed E-state index contributed by atoms with van der Waals surface area (Å²) in [6.07, 6.45) is 0.878. The van der Waals surface area contributed by atoms with Gasteiger partial charge in [0.2, 0.25) is 10.0 Å². The lowest BCUT2D eigenvalue weighted by Crippen LogP contribution is -2.44. The van der Waals surface area contributed by atoms with Crippen LogP contribution in [0.5, 0.6) is 0 Å². The second-order valence-corrected chi connectivity index (χ2v) is 8.26. The van der Waals surface area contributed by atoms with Crippen LogP contribution in [0.2, 0.25) is 0 Å². The smallest absolute Gasteiger partial charge is 0.251 e. The molecule has 0 radical (unpaired) electrons. The molecule has 2 rings (SSSR count). The Balaban J connectivity index is 1.91. The van der Waals surface area contributed by atoms with E-state index in [1.807, 2.05) is 0 Å². The van der Waals surface area contributed by atoms with Crippen molar-refractivity contribution < 1.29 is 13.2 Å². The fraction of sp³-hybridized carbons (Fsp3) is 0.611. The summed E-state index contributed by atoms with van der Waals surface area (Å²) in [4.78, 5) is 14.9. The van der Waals surface area contributed by atoms with E-state index in [2.05, 4.69) is 15.5 Å². The summed E-state index contributed by atoms with van der Waals surface area (Å²) >= 11 is 0. The van der Waals surface area contributed by atoms with E-state index in [-0.39, 0.29) is 10.8 Å². The number of nitrogens with one attached hydrogen (secondary N) is 2. The van der Waals surface area contributed by atoms with Crippen LogP contribution in [-0.4, -0.2) is 75.9 Å². The number of sulfonamides is 1. The average Bonchev–Trinajstić information content (AvgIpc) is 2.67. The molecule has 1 aromatic rings. The van der Waals surface area contributed by atoms with Gasteiger partial charge in [0.25, 0.3) is 5.91 Å². The molecule has 1 saturated heterocycles. The molecule has 2 N–H and O–H groups in total. The molecular formula is C18H30N4O3S. The number of hydrogen-bond donors (Lipinski definition) is 2. The molecular weight excluding hydrogens is 352 g/mol. The van der Waals surface area contributed by atoms with Crippen molar-refractivity contribution in [1.82, 2.24) is 19.8 Å². The standard InChI is InChI=1S/C18H30N4O3S/c1-3-22(4-2)26(24,25)17-8-5-7-16(15-17)18(23)20-9-6-12-21-13-10-19-11-14-21/h5,7-8,15,19H,3-4,6,9-14H2,1-2H3,(H,20,23). The van der Waals surface area contributed by atoms with E-state index in [0.717, 1.165) is 39.1 Å². The van der Waals surface area contributed by atoms with Crippen molar-refractivity contribution in [2.24, 2.45) is 0 Å². The normalized spacial score (nSPS) is 16.0. The van der Waals surface area contributed by atoms with Gasteiger partial charge in [0.1, 0.15) is 0 Å². The first-order valence-corrected chi connectivity index (χ1v) is 10.7. The molecule has 1 amide bonds. The maximum atomic E-state index is 12.6. The van der Waals surface area contributed by atoms with E-state index in [4.69, 9.17) is 0 Å². The van der Waals surface area contributed by atoms with E-state index in [1.165, 1.54) is 16.4 Å². The van der Waals surface area contributed by atoms with Crippen molar-refractivity contribution in [1.29, 1.82) is 0 Å². The van der Waals surface area contributed by atoms with Gasteiger partial charge in [0, 0.05) is 51.4 Å². The Morgan fingerprint density at radius 1 is 1.23 bits per heavy atom. The summed E-state index contributed by atoms with van der Waals surface area (Å²) in [5, 5.41) is 6.20. The molecule has 1 heterocycles. The highest BCUT2D eigenvalue weighted by molar-refractivity contribution is 7.89. The van der Waals surface area contributed by atoms with Gasteiger partial charge in [-0.1, -0.05) is 19.9 Å². The fourth-order valence-corrected chi connectivity index (χ4v) is 4.56. The first-order chi connectivity index (χ1) is 12.5. The lowest BCUT2D eigenvalue weighted by atomic mass is 10.2. The van der Waals surface area contributed by atoms with Gasteiger partial charge in [-0.25, -0.2) is 8.42 Å². The SMILES string of the molecule is CCN(CC)S(=O)(=O)c1cccc(C(=O)NCCCN2CCNCC2)c1. The van der Waals surface area contributed by atoms with Crippen molar-refractivity contribution in [3.8, 4) is 0 Å². The van der Waals surface area contributed by atoms with Crippen molar-refractivity contribution >= 4 is 15.9 Å². The van der Waals surface area contributed by atoms with Gasteiger partial charge in [-0.2, -0.15) is 4.31 Å². The molecule has 1 aliphatic heterocycles.